The monoisotopic (exact) mass is 398 g/mol. The predicted octanol–water partition coefficient (Wildman–Crippen LogP) is 3.11. The maximum atomic E-state index is 12.7. The van der Waals surface area contributed by atoms with Crippen molar-refractivity contribution in [1.29, 1.82) is 0 Å². The van der Waals surface area contributed by atoms with Crippen molar-refractivity contribution in [1.82, 2.24) is 10.2 Å². The quantitative estimate of drug-likeness (QED) is 0.814. The van der Waals surface area contributed by atoms with Crippen LogP contribution in [-0.4, -0.2) is 43.3 Å². The molecule has 7 heteroatoms. The highest BCUT2D eigenvalue weighted by Crippen LogP contribution is 2.32. The van der Waals surface area contributed by atoms with Gasteiger partial charge in [0.2, 0.25) is 0 Å². The molecule has 0 aromatic heterocycles. The molecule has 2 amide bonds. The number of urea groups is 1. The SMILES string of the molecule is O=C(N[C@H]1CCS(=O)(=O)c2ccccc21)N1CC=C(c2ccc(O)cc2)CC1. The van der Waals surface area contributed by atoms with Crippen molar-refractivity contribution in [3.05, 3.63) is 65.7 Å². The number of carbonyl (C=O) groups excluding carboxylic acids is 1. The third-order valence-electron chi connectivity index (χ3n) is 5.34. The van der Waals surface area contributed by atoms with Gasteiger partial charge in [-0.2, -0.15) is 0 Å². The summed E-state index contributed by atoms with van der Waals surface area (Å²) in [7, 11) is -3.27. The Balaban J connectivity index is 1.45. The van der Waals surface area contributed by atoms with Crippen molar-refractivity contribution in [3.8, 4) is 5.75 Å². The Morgan fingerprint density at radius 1 is 1.11 bits per heavy atom. The number of aromatic hydroxyl groups is 1. The normalized spacial score (nSPS) is 20.8. The third kappa shape index (κ3) is 3.62. The van der Waals surface area contributed by atoms with E-state index < -0.39 is 9.84 Å². The summed E-state index contributed by atoms with van der Waals surface area (Å²) >= 11 is 0. The number of phenolic OH excluding ortho intramolecular Hbond substituents is 1. The lowest BCUT2D eigenvalue weighted by molar-refractivity contribution is 0.198. The fourth-order valence-corrected chi connectivity index (χ4v) is 5.39. The van der Waals surface area contributed by atoms with Crippen LogP contribution >= 0.6 is 0 Å². The van der Waals surface area contributed by atoms with Gasteiger partial charge < -0.3 is 15.3 Å². The highest BCUT2D eigenvalue weighted by Gasteiger charge is 2.31. The van der Waals surface area contributed by atoms with Crippen molar-refractivity contribution in [2.75, 3.05) is 18.8 Å². The Labute approximate surface area is 164 Å². The summed E-state index contributed by atoms with van der Waals surface area (Å²) in [6.45, 7) is 1.08. The molecule has 2 aromatic carbocycles. The first kappa shape index (κ1) is 18.6. The lowest BCUT2D eigenvalue weighted by Gasteiger charge is -2.31. The third-order valence-corrected chi connectivity index (χ3v) is 7.15. The first-order valence-corrected chi connectivity index (χ1v) is 10.9. The summed E-state index contributed by atoms with van der Waals surface area (Å²) in [4.78, 5) is 14.8. The van der Waals surface area contributed by atoms with Crippen LogP contribution in [0.5, 0.6) is 5.75 Å². The molecule has 28 heavy (non-hydrogen) atoms. The number of hydrogen-bond donors (Lipinski definition) is 2. The largest absolute Gasteiger partial charge is 0.508 e. The van der Waals surface area contributed by atoms with Gasteiger partial charge in [-0.15, -0.1) is 0 Å². The first-order chi connectivity index (χ1) is 13.4. The fraction of sp³-hybridized carbons (Fsp3) is 0.286. The van der Waals surface area contributed by atoms with E-state index in [0.29, 0.717) is 30.0 Å². The molecule has 0 unspecified atom stereocenters. The molecular weight excluding hydrogens is 376 g/mol. The Kier molecular flexibility index (Phi) is 4.85. The number of rotatable bonds is 2. The van der Waals surface area contributed by atoms with Crippen molar-refractivity contribution in [2.24, 2.45) is 0 Å². The van der Waals surface area contributed by atoms with Crippen LogP contribution < -0.4 is 5.32 Å². The van der Waals surface area contributed by atoms with E-state index in [0.717, 1.165) is 17.6 Å². The summed E-state index contributed by atoms with van der Waals surface area (Å²) in [5.74, 6) is 0.274. The molecule has 2 aliphatic rings. The van der Waals surface area contributed by atoms with Gasteiger partial charge >= 0.3 is 6.03 Å². The van der Waals surface area contributed by atoms with E-state index in [1.165, 1.54) is 0 Å². The summed E-state index contributed by atoms with van der Waals surface area (Å²) < 4.78 is 24.5. The van der Waals surface area contributed by atoms with Gasteiger partial charge in [-0.05, 0) is 47.7 Å². The van der Waals surface area contributed by atoms with Crippen molar-refractivity contribution in [2.45, 2.75) is 23.8 Å². The number of carbonyl (C=O) groups is 1. The van der Waals surface area contributed by atoms with Gasteiger partial charge in [-0.1, -0.05) is 36.4 Å². The smallest absolute Gasteiger partial charge is 0.318 e. The molecule has 6 nitrogen and oxygen atoms in total. The molecule has 0 saturated heterocycles. The molecule has 146 valence electrons. The van der Waals surface area contributed by atoms with E-state index in [-0.39, 0.29) is 23.6 Å². The van der Waals surface area contributed by atoms with Crippen molar-refractivity contribution in [3.63, 3.8) is 0 Å². The molecule has 0 spiro atoms. The number of nitrogens with zero attached hydrogens (tertiary/aromatic N) is 1. The minimum Gasteiger partial charge on any atom is -0.508 e. The zero-order valence-corrected chi connectivity index (χ0v) is 16.2. The zero-order chi connectivity index (χ0) is 19.7. The molecule has 0 saturated carbocycles. The van der Waals surface area contributed by atoms with E-state index in [4.69, 9.17) is 0 Å². The molecule has 2 heterocycles. The minimum atomic E-state index is -3.27. The van der Waals surface area contributed by atoms with Crippen LogP contribution in [-0.2, 0) is 9.84 Å². The molecule has 0 radical (unpaired) electrons. The van der Waals surface area contributed by atoms with Gasteiger partial charge in [-0.25, -0.2) is 13.2 Å². The van der Waals surface area contributed by atoms with E-state index >= 15 is 0 Å². The zero-order valence-electron chi connectivity index (χ0n) is 15.3. The standard InChI is InChI=1S/C21H22N2O4S/c24-17-7-5-15(6-8-17)16-9-12-23(13-10-16)21(25)22-19-11-14-28(26,27)20-4-2-1-3-18(19)20/h1-9,19,24H,10-14H2,(H,22,25)/t19-/m0/s1. The molecule has 2 aromatic rings. The van der Waals surface area contributed by atoms with Crippen LogP contribution in [0.3, 0.4) is 0 Å². The fourth-order valence-electron chi connectivity index (χ4n) is 3.77. The minimum absolute atomic E-state index is 0.0415. The number of sulfone groups is 1. The number of nitrogens with one attached hydrogen (secondary N) is 1. The summed E-state index contributed by atoms with van der Waals surface area (Å²) in [6, 6.07) is 13.5. The predicted molar refractivity (Wildman–Crippen MR) is 107 cm³/mol. The summed E-state index contributed by atoms with van der Waals surface area (Å²) in [5, 5.41) is 12.4. The maximum absolute atomic E-state index is 12.7. The first-order valence-electron chi connectivity index (χ1n) is 9.29. The van der Waals surface area contributed by atoms with Crippen LogP contribution in [0, 0.1) is 0 Å². The van der Waals surface area contributed by atoms with Crippen LogP contribution in [0.2, 0.25) is 0 Å². The van der Waals surface area contributed by atoms with E-state index in [1.54, 1.807) is 41.3 Å². The lowest BCUT2D eigenvalue weighted by atomic mass is 9.99. The average Bonchev–Trinajstić information content (AvgIpc) is 2.71. The number of benzene rings is 2. The summed E-state index contributed by atoms with van der Waals surface area (Å²) in [5.41, 5.74) is 2.86. The maximum Gasteiger partial charge on any atom is 0.318 e. The van der Waals surface area contributed by atoms with Crippen LogP contribution in [0.25, 0.3) is 5.57 Å². The number of hydrogen-bond acceptors (Lipinski definition) is 4. The van der Waals surface area contributed by atoms with E-state index in [2.05, 4.69) is 5.32 Å². The second kappa shape index (κ2) is 7.31. The molecular formula is C21H22N2O4S. The number of amides is 2. The Bertz CT molecular complexity index is 1030. The van der Waals surface area contributed by atoms with Crippen LogP contribution in [0.1, 0.15) is 30.0 Å². The molecule has 2 N–H and O–H groups in total. The number of phenols is 1. The second-order valence-electron chi connectivity index (χ2n) is 7.12. The number of fused-ring (bicyclic) bond motifs is 1. The van der Waals surface area contributed by atoms with Gasteiger partial charge in [0.1, 0.15) is 5.75 Å². The molecule has 2 aliphatic heterocycles. The van der Waals surface area contributed by atoms with Crippen molar-refractivity contribution < 1.29 is 18.3 Å². The van der Waals surface area contributed by atoms with Crippen LogP contribution in [0.15, 0.2) is 59.5 Å². The van der Waals surface area contributed by atoms with E-state index in [9.17, 15) is 18.3 Å². The Morgan fingerprint density at radius 3 is 2.57 bits per heavy atom. The van der Waals surface area contributed by atoms with Gasteiger partial charge in [0.05, 0.1) is 16.7 Å². The van der Waals surface area contributed by atoms with Crippen molar-refractivity contribution >= 4 is 21.4 Å². The van der Waals surface area contributed by atoms with Gasteiger partial charge in [0.25, 0.3) is 0 Å². The highest BCUT2D eigenvalue weighted by atomic mass is 32.2. The van der Waals surface area contributed by atoms with Crippen LogP contribution in [0.4, 0.5) is 4.79 Å². The van der Waals surface area contributed by atoms with Gasteiger partial charge in [0.15, 0.2) is 9.84 Å². The molecule has 0 aliphatic carbocycles. The van der Waals surface area contributed by atoms with Gasteiger partial charge in [0, 0.05) is 13.1 Å². The Hall–Kier alpha value is -2.80. The summed E-state index contributed by atoms with van der Waals surface area (Å²) in [6.07, 6.45) is 3.14. The Morgan fingerprint density at radius 2 is 1.86 bits per heavy atom. The van der Waals surface area contributed by atoms with E-state index in [1.807, 2.05) is 18.2 Å². The molecule has 0 fully saturated rings. The molecule has 4 rings (SSSR count). The van der Waals surface area contributed by atoms with Gasteiger partial charge in [-0.3, -0.25) is 0 Å². The lowest BCUT2D eigenvalue weighted by Crippen LogP contribution is -2.44. The topological polar surface area (TPSA) is 86.7 Å². The second-order valence-corrected chi connectivity index (χ2v) is 9.20. The average molecular weight is 398 g/mol. The molecule has 0 bridgehead atoms. The highest BCUT2D eigenvalue weighted by molar-refractivity contribution is 7.91. The molecule has 1 atom stereocenters.